The summed E-state index contributed by atoms with van der Waals surface area (Å²) in [5.74, 6) is 0.152. The van der Waals surface area contributed by atoms with Crippen molar-refractivity contribution in [2.24, 2.45) is 0 Å². The van der Waals surface area contributed by atoms with Gasteiger partial charge in [0, 0.05) is 38.8 Å². The van der Waals surface area contributed by atoms with Crippen molar-refractivity contribution in [3.8, 4) is 17.2 Å². The van der Waals surface area contributed by atoms with Crippen LogP contribution in [0.5, 0.6) is 17.2 Å². The summed E-state index contributed by atoms with van der Waals surface area (Å²) >= 11 is 0. The van der Waals surface area contributed by atoms with E-state index in [2.05, 4.69) is 21.6 Å². The summed E-state index contributed by atoms with van der Waals surface area (Å²) in [4.78, 5) is 4.55. The Morgan fingerprint density at radius 3 is 2.26 bits per heavy atom. The van der Waals surface area contributed by atoms with Gasteiger partial charge in [0.2, 0.25) is 10.0 Å². The molecule has 0 amide bonds. The van der Waals surface area contributed by atoms with Crippen LogP contribution in [0.3, 0.4) is 0 Å². The fourth-order valence-electron chi connectivity index (χ4n) is 4.07. The number of nitrogens with one attached hydrogen (secondary N) is 1. The highest BCUT2D eigenvalue weighted by Gasteiger charge is 2.26. The van der Waals surface area contributed by atoms with Gasteiger partial charge in [-0.1, -0.05) is 36.4 Å². The van der Waals surface area contributed by atoms with Crippen LogP contribution in [0.15, 0.2) is 77.7 Å². The van der Waals surface area contributed by atoms with Crippen molar-refractivity contribution < 1.29 is 23.4 Å². The van der Waals surface area contributed by atoms with Crippen LogP contribution < -0.4 is 9.46 Å². The number of rotatable bonds is 9. The van der Waals surface area contributed by atoms with Crippen LogP contribution in [0, 0.1) is 0 Å². The Morgan fingerprint density at radius 1 is 0.914 bits per heavy atom. The SMILES string of the molecule is CN1CCN(C(CNS(=O)(=O)c2ccc(OCc3ccccc3)cc2)c2ccc(O)c(O)c2)CC1. The van der Waals surface area contributed by atoms with Crippen molar-refractivity contribution >= 4 is 10.0 Å². The second-order valence-corrected chi connectivity index (χ2v) is 10.5. The lowest BCUT2D eigenvalue weighted by Gasteiger charge is -2.38. The van der Waals surface area contributed by atoms with Crippen LogP contribution in [0.2, 0.25) is 0 Å². The number of nitrogens with zero attached hydrogens (tertiary/aromatic N) is 2. The van der Waals surface area contributed by atoms with Crippen molar-refractivity contribution in [3.05, 3.63) is 83.9 Å². The first-order valence-electron chi connectivity index (χ1n) is 11.5. The molecule has 0 radical (unpaired) electrons. The lowest BCUT2D eigenvalue weighted by Crippen LogP contribution is -2.48. The molecule has 1 fully saturated rings. The normalized spacial score (nSPS) is 16.1. The number of aromatic hydroxyl groups is 2. The van der Waals surface area contributed by atoms with Crippen molar-refractivity contribution in [2.75, 3.05) is 39.8 Å². The molecular weight excluding hydrogens is 466 g/mol. The van der Waals surface area contributed by atoms with E-state index < -0.39 is 10.0 Å². The first kappa shape index (κ1) is 25.0. The molecule has 0 spiro atoms. The van der Waals surface area contributed by atoms with Gasteiger partial charge in [-0.3, -0.25) is 4.90 Å². The molecule has 1 atom stereocenters. The Kier molecular flexibility index (Phi) is 7.92. The lowest BCUT2D eigenvalue weighted by molar-refractivity contribution is 0.112. The summed E-state index contributed by atoms with van der Waals surface area (Å²) in [7, 11) is -1.72. The van der Waals surface area contributed by atoms with Gasteiger partial charge in [-0.25, -0.2) is 13.1 Å². The molecule has 1 saturated heterocycles. The predicted octanol–water partition coefficient (Wildman–Crippen LogP) is 2.94. The topological polar surface area (TPSA) is 102 Å². The van der Waals surface area contributed by atoms with Gasteiger partial charge in [0.15, 0.2) is 11.5 Å². The highest BCUT2D eigenvalue weighted by Crippen LogP contribution is 2.31. The number of phenols is 2. The second-order valence-electron chi connectivity index (χ2n) is 8.70. The van der Waals surface area contributed by atoms with Crippen LogP contribution in [0.4, 0.5) is 0 Å². The van der Waals surface area contributed by atoms with Gasteiger partial charge in [-0.2, -0.15) is 0 Å². The second kappa shape index (κ2) is 11.1. The summed E-state index contributed by atoms with van der Waals surface area (Å²) < 4.78 is 34.6. The molecule has 0 aromatic heterocycles. The van der Waals surface area contributed by atoms with E-state index in [1.165, 1.54) is 24.3 Å². The molecule has 9 heteroatoms. The van der Waals surface area contributed by atoms with E-state index >= 15 is 0 Å². The van der Waals surface area contributed by atoms with E-state index in [0.29, 0.717) is 12.4 Å². The highest BCUT2D eigenvalue weighted by atomic mass is 32.2. The molecule has 8 nitrogen and oxygen atoms in total. The summed E-state index contributed by atoms with van der Waals surface area (Å²) in [6.07, 6.45) is 0. The molecule has 3 aromatic rings. The maximum atomic E-state index is 13.0. The number of piperazine rings is 1. The number of phenolic OH excluding ortho intramolecular Hbond substituents is 2. The van der Waals surface area contributed by atoms with Gasteiger partial charge in [0.1, 0.15) is 12.4 Å². The number of hydrogen-bond donors (Lipinski definition) is 3. The number of ether oxygens (including phenoxy) is 1. The van der Waals surface area contributed by atoms with E-state index in [-0.39, 0.29) is 29.0 Å². The van der Waals surface area contributed by atoms with Crippen molar-refractivity contribution in [1.82, 2.24) is 14.5 Å². The van der Waals surface area contributed by atoms with Crippen LogP contribution in [0.25, 0.3) is 0 Å². The minimum atomic E-state index is -3.77. The third kappa shape index (κ3) is 6.52. The third-order valence-electron chi connectivity index (χ3n) is 6.21. The lowest BCUT2D eigenvalue weighted by atomic mass is 10.0. The van der Waals surface area contributed by atoms with E-state index in [1.807, 2.05) is 30.3 Å². The molecule has 1 unspecified atom stereocenters. The number of benzene rings is 3. The first-order valence-corrected chi connectivity index (χ1v) is 13.0. The average Bonchev–Trinajstić information content (AvgIpc) is 2.87. The van der Waals surface area contributed by atoms with Gasteiger partial charge >= 0.3 is 0 Å². The predicted molar refractivity (Wildman–Crippen MR) is 134 cm³/mol. The summed E-state index contributed by atoms with van der Waals surface area (Å²) in [5, 5.41) is 19.7. The van der Waals surface area contributed by atoms with Gasteiger partial charge in [0.25, 0.3) is 0 Å². The fourth-order valence-corrected chi connectivity index (χ4v) is 5.11. The summed E-state index contributed by atoms with van der Waals surface area (Å²) in [6, 6.07) is 20.4. The number of sulfonamides is 1. The molecular formula is C26H31N3O5S. The van der Waals surface area contributed by atoms with Crippen molar-refractivity contribution in [1.29, 1.82) is 0 Å². The zero-order chi connectivity index (χ0) is 24.8. The monoisotopic (exact) mass is 497 g/mol. The van der Waals surface area contributed by atoms with E-state index in [9.17, 15) is 18.6 Å². The first-order chi connectivity index (χ1) is 16.8. The Labute approximate surface area is 206 Å². The van der Waals surface area contributed by atoms with Gasteiger partial charge in [-0.05, 0) is 54.6 Å². The summed E-state index contributed by atoms with van der Waals surface area (Å²) in [5.41, 5.74) is 1.76. The average molecular weight is 498 g/mol. The molecule has 1 heterocycles. The molecule has 1 aliphatic rings. The summed E-state index contributed by atoms with van der Waals surface area (Å²) in [6.45, 7) is 3.77. The van der Waals surface area contributed by atoms with E-state index in [4.69, 9.17) is 4.74 Å². The zero-order valence-corrected chi connectivity index (χ0v) is 20.5. The van der Waals surface area contributed by atoms with Crippen LogP contribution in [-0.4, -0.2) is 68.2 Å². The van der Waals surface area contributed by atoms with Gasteiger partial charge < -0.3 is 19.8 Å². The van der Waals surface area contributed by atoms with E-state index in [0.717, 1.165) is 37.3 Å². The smallest absolute Gasteiger partial charge is 0.240 e. The van der Waals surface area contributed by atoms with Crippen molar-refractivity contribution in [3.63, 3.8) is 0 Å². The molecule has 0 saturated carbocycles. The maximum Gasteiger partial charge on any atom is 0.240 e. The Balaban J connectivity index is 1.44. The molecule has 4 rings (SSSR count). The molecule has 35 heavy (non-hydrogen) atoms. The minimum Gasteiger partial charge on any atom is -0.504 e. The molecule has 3 aromatic carbocycles. The molecule has 0 bridgehead atoms. The number of hydrogen-bond acceptors (Lipinski definition) is 7. The Morgan fingerprint density at radius 2 is 1.60 bits per heavy atom. The molecule has 186 valence electrons. The van der Waals surface area contributed by atoms with Crippen LogP contribution in [-0.2, 0) is 16.6 Å². The molecule has 3 N–H and O–H groups in total. The number of likely N-dealkylation sites (N-methyl/N-ethyl adjacent to an activating group) is 1. The molecule has 0 aliphatic carbocycles. The van der Waals surface area contributed by atoms with E-state index in [1.54, 1.807) is 18.2 Å². The minimum absolute atomic E-state index is 0.128. The van der Waals surface area contributed by atoms with Crippen molar-refractivity contribution in [2.45, 2.75) is 17.5 Å². The van der Waals surface area contributed by atoms with Crippen LogP contribution in [0.1, 0.15) is 17.2 Å². The highest BCUT2D eigenvalue weighted by molar-refractivity contribution is 7.89. The van der Waals surface area contributed by atoms with Gasteiger partial charge in [-0.15, -0.1) is 0 Å². The largest absolute Gasteiger partial charge is 0.504 e. The maximum absolute atomic E-state index is 13.0. The Hall–Kier alpha value is -3.11. The third-order valence-corrected chi connectivity index (χ3v) is 7.65. The zero-order valence-electron chi connectivity index (χ0n) is 19.7. The Bertz CT molecular complexity index is 1210. The standard InChI is InChI=1S/C26H31N3O5S/c1-28-13-15-29(16-14-28)24(21-7-12-25(30)26(31)17-21)18-27-35(32,33)23-10-8-22(9-11-23)34-19-20-5-3-2-4-6-20/h2-12,17,24,27,30-31H,13-16,18-19H2,1H3. The molecule has 1 aliphatic heterocycles. The van der Waals surface area contributed by atoms with Gasteiger partial charge in [0.05, 0.1) is 4.90 Å². The quantitative estimate of drug-likeness (QED) is 0.391. The van der Waals surface area contributed by atoms with Crippen LogP contribution >= 0.6 is 0 Å². The fraction of sp³-hybridized carbons (Fsp3) is 0.308.